The highest BCUT2D eigenvalue weighted by Crippen LogP contribution is 2.23. The van der Waals surface area contributed by atoms with E-state index in [1.165, 1.54) is 12.3 Å². The SMILES string of the molecule is CCC(C)(C)Oc1ncc(F)cc1CNC. The van der Waals surface area contributed by atoms with Crippen molar-refractivity contribution < 1.29 is 9.13 Å². The van der Waals surface area contributed by atoms with E-state index in [0.717, 1.165) is 12.0 Å². The smallest absolute Gasteiger partial charge is 0.218 e. The molecule has 0 bridgehead atoms. The largest absolute Gasteiger partial charge is 0.471 e. The van der Waals surface area contributed by atoms with Crippen molar-refractivity contribution in [1.82, 2.24) is 10.3 Å². The minimum Gasteiger partial charge on any atom is -0.471 e. The Labute approximate surface area is 96.0 Å². The lowest BCUT2D eigenvalue weighted by molar-refractivity contribution is 0.0972. The van der Waals surface area contributed by atoms with E-state index in [-0.39, 0.29) is 11.4 Å². The minimum atomic E-state index is -0.341. The van der Waals surface area contributed by atoms with Gasteiger partial charge in [-0.3, -0.25) is 0 Å². The Balaban J connectivity index is 2.94. The molecule has 4 heteroatoms. The fourth-order valence-corrected chi connectivity index (χ4v) is 1.21. The van der Waals surface area contributed by atoms with E-state index >= 15 is 0 Å². The summed E-state index contributed by atoms with van der Waals surface area (Å²) in [6, 6.07) is 1.45. The summed E-state index contributed by atoms with van der Waals surface area (Å²) in [5.41, 5.74) is 0.455. The lowest BCUT2D eigenvalue weighted by atomic mass is 10.1. The van der Waals surface area contributed by atoms with Crippen molar-refractivity contribution in [2.45, 2.75) is 39.3 Å². The lowest BCUT2D eigenvalue weighted by Gasteiger charge is -2.25. The van der Waals surface area contributed by atoms with Crippen molar-refractivity contribution in [3.63, 3.8) is 0 Å². The van der Waals surface area contributed by atoms with E-state index in [4.69, 9.17) is 4.74 Å². The van der Waals surface area contributed by atoms with Gasteiger partial charge in [-0.2, -0.15) is 0 Å². The van der Waals surface area contributed by atoms with E-state index in [2.05, 4.69) is 10.3 Å². The van der Waals surface area contributed by atoms with Crippen molar-refractivity contribution in [3.05, 3.63) is 23.6 Å². The van der Waals surface area contributed by atoms with Crippen molar-refractivity contribution in [1.29, 1.82) is 0 Å². The zero-order valence-electron chi connectivity index (χ0n) is 10.3. The van der Waals surface area contributed by atoms with Crippen LogP contribution in [0.5, 0.6) is 5.88 Å². The second-order valence-corrected chi connectivity index (χ2v) is 4.36. The van der Waals surface area contributed by atoms with Gasteiger partial charge in [0, 0.05) is 12.1 Å². The van der Waals surface area contributed by atoms with Crippen molar-refractivity contribution in [2.24, 2.45) is 0 Å². The Hall–Kier alpha value is -1.16. The molecule has 0 aliphatic rings. The predicted octanol–water partition coefficient (Wildman–Crippen LogP) is 2.51. The van der Waals surface area contributed by atoms with Crippen LogP contribution in [0.2, 0.25) is 0 Å². The summed E-state index contributed by atoms with van der Waals surface area (Å²) in [5.74, 6) is 0.162. The topological polar surface area (TPSA) is 34.1 Å². The second-order valence-electron chi connectivity index (χ2n) is 4.36. The number of nitrogens with zero attached hydrogens (tertiary/aromatic N) is 1. The lowest BCUT2D eigenvalue weighted by Crippen LogP contribution is -2.28. The van der Waals surface area contributed by atoms with Crippen LogP contribution in [0.1, 0.15) is 32.8 Å². The molecule has 3 nitrogen and oxygen atoms in total. The summed E-state index contributed by atoms with van der Waals surface area (Å²) in [6.07, 6.45) is 2.05. The number of hydrogen-bond donors (Lipinski definition) is 1. The van der Waals surface area contributed by atoms with Crippen LogP contribution >= 0.6 is 0 Å². The number of pyridine rings is 1. The Morgan fingerprint density at radius 1 is 1.50 bits per heavy atom. The molecule has 0 unspecified atom stereocenters. The molecule has 0 aliphatic carbocycles. The van der Waals surface area contributed by atoms with Crippen LogP contribution in [0.15, 0.2) is 12.3 Å². The molecule has 16 heavy (non-hydrogen) atoms. The van der Waals surface area contributed by atoms with Crippen molar-refractivity contribution >= 4 is 0 Å². The molecule has 1 rings (SSSR count). The van der Waals surface area contributed by atoms with E-state index in [0.29, 0.717) is 12.4 Å². The summed E-state index contributed by atoms with van der Waals surface area (Å²) in [7, 11) is 1.81. The fraction of sp³-hybridized carbons (Fsp3) is 0.583. The molecular formula is C12H19FN2O. The quantitative estimate of drug-likeness (QED) is 0.837. The Kier molecular flexibility index (Phi) is 4.24. The van der Waals surface area contributed by atoms with Gasteiger partial charge in [-0.1, -0.05) is 6.92 Å². The maximum atomic E-state index is 13.0. The van der Waals surface area contributed by atoms with Gasteiger partial charge < -0.3 is 10.1 Å². The normalized spacial score (nSPS) is 11.6. The van der Waals surface area contributed by atoms with Crippen LogP contribution < -0.4 is 10.1 Å². The summed E-state index contributed by atoms with van der Waals surface area (Å²) < 4.78 is 18.8. The molecule has 1 aromatic rings. The number of nitrogens with one attached hydrogen (secondary N) is 1. The highest BCUT2D eigenvalue weighted by atomic mass is 19.1. The highest BCUT2D eigenvalue weighted by Gasteiger charge is 2.19. The molecule has 0 spiro atoms. The predicted molar refractivity (Wildman–Crippen MR) is 62.0 cm³/mol. The molecule has 0 amide bonds. The molecule has 1 aromatic heterocycles. The average Bonchev–Trinajstić information content (AvgIpc) is 2.22. The highest BCUT2D eigenvalue weighted by molar-refractivity contribution is 5.26. The number of rotatable bonds is 5. The number of ether oxygens (including phenoxy) is 1. The standard InChI is InChI=1S/C12H19FN2O/c1-5-12(2,3)16-11-9(7-14-4)6-10(13)8-15-11/h6,8,14H,5,7H2,1-4H3. The molecule has 0 aliphatic heterocycles. The zero-order valence-corrected chi connectivity index (χ0v) is 10.3. The zero-order chi connectivity index (χ0) is 12.2. The van der Waals surface area contributed by atoms with Gasteiger partial charge in [-0.15, -0.1) is 0 Å². The van der Waals surface area contributed by atoms with Gasteiger partial charge in [0.15, 0.2) is 0 Å². The molecule has 90 valence electrons. The Morgan fingerprint density at radius 3 is 2.75 bits per heavy atom. The monoisotopic (exact) mass is 226 g/mol. The average molecular weight is 226 g/mol. The molecule has 0 saturated carbocycles. The maximum Gasteiger partial charge on any atom is 0.218 e. The Bertz CT molecular complexity index is 353. The van der Waals surface area contributed by atoms with Gasteiger partial charge in [0.1, 0.15) is 11.4 Å². The van der Waals surface area contributed by atoms with Gasteiger partial charge >= 0.3 is 0 Å². The van der Waals surface area contributed by atoms with Crippen molar-refractivity contribution in [3.8, 4) is 5.88 Å². The first kappa shape index (κ1) is 12.9. The maximum absolute atomic E-state index is 13.0. The van der Waals surface area contributed by atoms with E-state index in [1.54, 1.807) is 7.05 Å². The number of halogens is 1. The van der Waals surface area contributed by atoms with E-state index in [9.17, 15) is 4.39 Å². The van der Waals surface area contributed by atoms with Crippen molar-refractivity contribution in [2.75, 3.05) is 7.05 Å². The third kappa shape index (κ3) is 3.45. The van der Waals surface area contributed by atoms with Gasteiger partial charge in [-0.05, 0) is 33.4 Å². The van der Waals surface area contributed by atoms with Crippen LogP contribution in [0.25, 0.3) is 0 Å². The first-order chi connectivity index (χ1) is 7.48. The molecule has 0 radical (unpaired) electrons. The van der Waals surface area contributed by atoms with Crippen LogP contribution in [0, 0.1) is 5.82 Å². The summed E-state index contributed by atoms with van der Waals surface area (Å²) >= 11 is 0. The first-order valence-electron chi connectivity index (χ1n) is 5.46. The molecule has 0 aromatic carbocycles. The van der Waals surface area contributed by atoms with Gasteiger partial charge in [0.25, 0.3) is 0 Å². The molecular weight excluding hydrogens is 207 g/mol. The van der Waals surface area contributed by atoms with Crippen LogP contribution in [-0.4, -0.2) is 17.6 Å². The Morgan fingerprint density at radius 2 is 2.19 bits per heavy atom. The number of hydrogen-bond acceptors (Lipinski definition) is 3. The van der Waals surface area contributed by atoms with Crippen LogP contribution in [0.4, 0.5) is 4.39 Å². The summed E-state index contributed by atoms with van der Waals surface area (Å²) in [5, 5.41) is 2.97. The third-order valence-electron chi connectivity index (χ3n) is 2.48. The molecule has 0 atom stereocenters. The fourth-order valence-electron chi connectivity index (χ4n) is 1.21. The second kappa shape index (κ2) is 5.25. The van der Waals surface area contributed by atoms with Crippen LogP contribution in [-0.2, 0) is 6.54 Å². The molecule has 1 N–H and O–H groups in total. The van der Waals surface area contributed by atoms with Gasteiger partial charge in [0.05, 0.1) is 6.20 Å². The molecule has 0 fully saturated rings. The minimum absolute atomic E-state index is 0.284. The van der Waals surface area contributed by atoms with Crippen LogP contribution in [0.3, 0.4) is 0 Å². The van der Waals surface area contributed by atoms with Gasteiger partial charge in [-0.25, -0.2) is 9.37 Å². The summed E-state index contributed by atoms with van der Waals surface area (Å²) in [4.78, 5) is 3.99. The first-order valence-corrected chi connectivity index (χ1v) is 5.46. The van der Waals surface area contributed by atoms with E-state index < -0.39 is 0 Å². The van der Waals surface area contributed by atoms with E-state index in [1.807, 2.05) is 20.8 Å². The molecule has 1 heterocycles. The summed E-state index contributed by atoms with van der Waals surface area (Å²) in [6.45, 7) is 6.56. The van der Waals surface area contributed by atoms with Gasteiger partial charge in [0.2, 0.25) is 5.88 Å². The number of aromatic nitrogens is 1. The third-order valence-corrected chi connectivity index (χ3v) is 2.48. The molecule has 0 saturated heterocycles.